The van der Waals surface area contributed by atoms with E-state index in [1.165, 1.54) is 31.4 Å². The molecule has 0 N–H and O–H groups in total. The molecular formula is C22H17F6NO4S. The van der Waals surface area contributed by atoms with E-state index in [-0.39, 0.29) is 11.3 Å². The normalized spacial score (nSPS) is 11.4. The van der Waals surface area contributed by atoms with Crippen molar-refractivity contribution in [2.75, 3.05) is 18.5 Å². The summed E-state index contributed by atoms with van der Waals surface area (Å²) in [4.78, 5) is -1.74. The van der Waals surface area contributed by atoms with E-state index in [0.717, 1.165) is 25.3 Å². The Morgan fingerprint density at radius 2 is 1.44 bits per heavy atom. The van der Waals surface area contributed by atoms with Crippen molar-refractivity contribution in [1.29, 1.82) is 0 Å². The highest BCUT2D eigenvalue weighted by Crippen LogP contribution is 2.35. The SMILES string of the molecule is COc1ccc(CN(c2ccc(OC)c(F)c2)S(=O)(=O)c2c(F)c(F)c(F)c(F)c2CF)cc1. The molecule has 3 aromatic rings. The van der Waals surface area contributed by atoms with Crippen molar-refractivity contribution in [3.63, 3.8) is 0 Å². The molecule has 0 unspecified atom stereocenters. The minimum Gasteiger partial charge on any atom is -0.497 e. The Balaban J connectivity index is 2.26. The molecule has 0 heterocycles. The maximum absolute atomic E-state index is 14.6. The van der Waals surface area contributed by atoms with Gasteiger partial charge in [0, 0.05) is 11.6 Å². The van der Waals surface area contributed by atoms with Crippen LogP contribution in [0.2, 0.25) is 0 Å². The Labute approximate surface area is 191 Å². The number of nitrogens with zero attached hydrogens (tertiary/aromatic N) is 1. The quantitative estimate of drug-likeness (QED) is 0.238. The van der Waals surface area contributed by atoms with E-state index < -0.39 is 68.5 Å². The number of hydrogen-bond donors (Lipinski definition) is 0. The van der Waals surface area contributed by atoms with Gasteiger partial charge in [0.15, 0.2) is 34.8 Å². The maximum Gasteiger partial charge on any atom is 0.268 e. The van der Waals surface area contributed by atoms with Crippen molar-refractivity contribution in [3.05, 3.63) is 82.7 Å². The summed E-state index contributed by atoms with van der Waals surface area (Å²) in [6, 6.07) is 8.69. The van der Waals surface area contributed by atoms with Crippen LogP contribution < -0.4 is 13.8 Å². The second-order valence-corrected chi connectivity index (χ2v) is 8.67. The van der Waals surface area contributed by atoms with E-state index in [4.69, 9.17) is 9.47 Å². The summed E-state index contributed by atoms with van der Waals surface area (Å²) in [5.74, 6) is -10.1. The number of anilines is 1. The summed E-state index contributed by atoms with van der Waals surface area (Å²) in [5.41, 5.74) is -1.67. The number of ether oxygens (including phenoxy) is 2. The van der Waals surface area contributed by atoms with Crippen molar-refractivity contribution >= 4 is 15.7 Å². The van der Waals surface area contributed by atoms with E-state index in [9.17, 15) is 34.8 Å². The zero-order valence-electron chi connectivity index (χ0n) is 17.7. The lowest BCUT2D eigenvalue weighted by atomic mass is 10.2. The van der Waals surface area contributed by atoms with Gasteiger partial charge in [-0.1, -0.05) is 12.1 Å². The van der Waals surface area contributed by atoms with Gasteiger partial charge in [0.2, 0.25) is 0 Å². The van der Waals surface area contributed by atoms with E-state index in [1.807, 2.05) is 0 Å². The van der Waals surface area contributed by atoms with Crippen LogP contribution in [0.5, 0.6) is 11.5 Å². The number of alkyl halides is 1. The lowest BCUT2D eigenvalue weighted by Gasteiger charge is -2.26. The molecule has 0 aliphatic heterocycles. The van der Waals surface area contributed by atoms with Crippen molar-refractivity contribution in [1.82, 2.24) is 0 Å². The van der Waals surface area contributed by atoms with Gasteiger partial charge in [0.1, 0.15) is 17.3 Å². The Hall–Kier alpha value is -3.41. The maximum atomic E-state index is 14.6. The first-order valence-electron chi connectivity index (χ1n) is 9.46. The third-order valence-electron chi connectivity index (χ3n) is 4.91. The van der Waals surface area contributed by atoms with Crippen LogP contribution in [-0.2, 0) is 23.2 Å². The first-order chi connectivity index (χ1) is 16.1. The van der Waals surface area contributed by atoms with Gasteiger partial charge in [-0.25, -0.2) is 34.8 Å². The van der Waals surface area contributed by atoms with Crippen LogP contribution in [-0.4, -0.2) is 22.6 Å². The second kappa shape index (κ2) is 9.84. The molecule has 0 fully saturated rings. The van der Waals surface area contributed by atoms with Crippen molar-refractivity contribution in [2.45, 2.75) is 18.1 Å². The molecule has 0 bridgehead atoms. The number of benzene rings is 3. The van der Waals surface area contributed by atoms with Gasteiger partial charge < -0.3 is 9.47 Å². The van der Waals surface area contributed by atoms with Crippen LogP contribution in [0.15, 0.2) is 47.4 Å². The van der Waals surface area contributed by atoms with Crippen LogP contribution >= 0.6 is 0 Å². The minimum atomic E-state index is -5.31. The molecule has 5 nitrogen and oxygen atoms in total. The Morgan fingerprint density at radius 3 is 1.97 bits per heavy atom. The van der Waals surface area contributed by atoms with Crippen LogP contribution in [0.1, 0.15) is 11.1 Å². The minimum absolute atomic E-state index is 0.250. The van der Waals surface area contributed by atoms with E-state index in [0.29, 0.717) is 10.1 Å². The first kappa shape index (κ1) is 25.2. The van der Waals surface area contributed by atoms with E-state index in [2.05, 4.69) is 0 Å². The predicted octanol–water partition coefficient (Wildman–Crippen LogP) is 5.26. The molecule has 34 heavy (non-hydrogen) atoms. The third kappa shape index (κ3) is 4.49. The lowest BCUT2D eigenvalue weighted by Crippen LogP contribution is -2.33. The van der Waals surface area contributed by atoms with E-state index in [1.54, 1.807) is 0 Å². The molecular weight excluding hydrogens is 488 g/mol. The fourth-order valence-electron chi connectivity index (χ4n) is 3.18. The van der Waals surface area contributed by atoms with Gasteiger partial charge in [0.25, 0.3) is 10.0 Å². The summed E-state index contributed by atoms with van der Waals surface area (Å²) in [6.07, 6.45) is 0. The average molecular weight is 505 g/mol. The molecule has 0 spiro atoms. The van der Waals surface area contributed by atoms with Gasteiger partial charge in [0.05, 0.1) is 26.5 Å². The van der Waals surface area contributed by atoms with Crippen LogP contribution in [0, 0.1) is 29.1 Å². The lowest BCUT2D eigenvalue weighted by molar-refractivity contribution is 0.371. The van der Waals surface area contributed by atoms with Crippen LogP contribution in [0.3, 0.4) is 0 Å². The molecule has 12 heteroatoms. The fraction of sp³-hybridized carbons (Fsp3) is 0.182. The molecule has 0 saturated carbocycles. The molecule has 0 aromatic heterocycles. The molecule has 3 rings (SSSR count). The average Bonchev–Trinajstić information content (AvgIpc) is 2.83. The molecule has 3 aromatic carbocycles. The third-order valence-corrected chi connectivity index (χ3v) is 6.77. The molecule has 0 amide bonds. The van der Waals surface area contributed by atoms with Crippen molar-refractivity contribution in [2.24, 2.45) is 0 Å². The fourth-order valence-corrected chi connectivity index (χ4v) is 4.88. The number of sulfonamides is 1. The highest BCUT2D eigenvalue weighted by atomic mass is 32.2. The Kier molecular flexibility index (Phi) is 7.29. The molecule has 182 valence electrons. The van der Waals surface area contributed by atoms with Crippen molar-refractivity contribution in [3.8, 4) is 11.5 Å². The summed E-state index contributed by atoms with van der Waals surface area (Å²) in [5, 5.41) is 0. The highest BCUT2D eigenvalue weighted by molar-refractivity contribution is 7.92. The smallest absolute Gasteiger partial charge is 0.268 e. The molecule has 0 aliphatic rings. The van der Waals surface area contributed by atoms with Gasteiger partial charge in [-0.2, -0.15) is 0 Å². The highest BCUT2D eigenvalue weighted by Gasteiger charge is 2.37. The van der Waals surface area contributed by atoms with Gasteiger partial charge in [-0.3, -0.25) is 4.31 Å². The summed E-state index contributed by atoms with van der Waals surface area (Å²) >= 11 is 0. The van der Waals surface area contributed by atoms with Gasteiger partial charge in [-0.05, 0) is 29.8 Å². The molecule has 0 atom stereocenters. The Bertz CT molecular complexity index is 1320. The largest absolute Gasteiger partial charge is 0.497 e. The molecule has 0 radical (unpaired) electrons. The summed E-state index contributed by atoms with van der Waals surface area (Å²) in [6.45, 7) is -2.55. The predicted molar refractivity (Wildman–Crippen MR) is 110 cm³/mol. The van der Waals surface area contributed by atoms with Gasteiger partial charge >= 0.3 is 0 Å². The topological polar surface area (TPSA) is 55.8 Å². The van der Waals surface area contributed by atoms with Gasteiger partial charge in [-0.15, -0.1) is 0 Å². The summed E-state index contributed by atoms with van der Waals surface area (Å²) in [7, 11) is -2.75. The van der Waals surface area contributed by atoms with E-state index >= 15 is 0 Å². The Morgan fingerprint density at radius 1 is 0.824 bits per heavy atom. The zero-order valence-corrected chi connectivity index (χ0v) is 18.5. The first-order valence-corrected chi connectivity index (χ1v) is 10.9. The number of methoxy groups -OCH3 is 2. The monoisotopic (exact) mass is 505 g/mol. The second-order valence-electron chi connectivity index (χ2n) is 6.88. The number of hydrogen-bond acceptors (Lipinski definition) is 4. The number of halogens is 6. The van der Waals surface area contributed by atoms with Crippen molar-refractivity contribution < 1.29 is 44.2 Å². The summed E-state index contributed by atoms with van der Waals surface area (Å²) < 4.78 is 121. The standard InChI is InChI=1S/C22H17F6NO4S/c1-32-14-6-3-12(4-7-14)11-29(13-5-8-17(33-2)16(24)9-13)34(30,31)22-15(10-23)18(25)19(26)20(27)21(22)28/h3-9H,10-11H2,1-2H3. The molecule has 0 saturated heterocycles. The van der Waals surface area contributed by atoms with Crippen LogP contribution in [0.25, 0.3) is 0 Å². The zero-order chi connectivity index (χ0) is 25.2. The number of rotatable bonds is 8. The molecule has 0 aliphatic carbocycles. The van der Waals surface area contributed by atoms with Crippen LogP contribution in [0.4, 0.5) is 32.0 Å².